The summed E-state index contributed by atoms with van der Waals surface area (Å²) in [7, 11) is 0. The van der Waals surface area contributed by atoms with Gasteiger partial charge in [-0.15, -0.1) is 0 Å². The smallest absolute Gasteiger partial charge is 0.310 e. The highest BCUT2D eigenvalue weighted by Gasteiger charge is 2.43. The lowest BCUT2D eigenvalue weighted by atomic mass is 10.0. The number of hydrogen-bond acceptors (Lipinski definition) is 6. The number of hydrazine groups is 1. The van der Waals surface area contributed by atoms with Gasteiger partial charge in [0.15, 0.2) is 5.76 Å². The van der Waals surface area contributed by atoms with Crippen molar-refractivity contribution in [2.24, 2.45) is 5.92 Å². The lowest BCUT2D eigenvalue weighted by Gasteiger charge is -2.31. The van der Waals surface area contributed by atoms with Gasteiger partial charge < -0.3 is 13.9 Å². The molecule has 1 unspecified atom stereocenters. The molecule has 0 bridgehead atoms. The van der Waals surface area contributed by atoms with Crippen molar-refractivity contribution in [1.82, 2.24) is 10.4 Å². The van der Waals surface area contributed by atoms with Crippen LogP contribution >= 0.6 is 0 Å². The number of benzene rings is 1. The number of hydrogen-bond donors (Lipinski definition) is 1. The Morgan fingerprint density at radius 1 is 1.20 bits per heavy atom. The number of halogens is 1. The summed E-state index contributed by atoms with van der Waals surface area (Å²) in [5, 5.41) is 1.17. The number of amides is 2. The summed E-state index contributed by atoms with van der Waals surface area (Å²) >= 11 is 0. The largest absolute Gasteiger partial charge is 0.451 e. The van der Waals surface area contributed by atoms with Crippen molar-refractivity contribution in [3.63, 3.8) is 0 Å². The third-order valence-corrected chi connectivity index (χ3v) is 6.35. The maximum Gasteiger partial charge on any atom is 0.310 e. The summed E-state index contributed by atoms with van der Waals surface area (Å²) in [6.07, 6.45) is 4.14. The van der Waals surface area contributed by atoms with Gasteiger partial charge in [-0.3, -0.25) is 19.8 Å². The van der Waals surface area contributed by atoms with E-state index in [9.17, 15) is 18.8 Å². The van der Waals surface area contributed by atoms with E-state index >= 15 is 0 Å². The maximum atomic E-state index is 13.6. The molecule has 1 aromatic carbocycles. The Hall–Kier alpha value is -3.20. The summed E-state index contributed by atoms with van der Waals surface area (Å²) in [5.74, 6) is -1.16. The number of rotatable bonds is 8. The lowest BCUT2D eigenvalue weighted by Crippen LogP contribution is -2.55. The summed E-state index contributed by atoms with van der Waals surface area (Å²) in [6.45, 7) is 3.59. The fourth-order valence-corrected chi connectivity index (χ4v) is 4.62. The zero-order valence-corrected chi connectivity index (χ0v) is 20.0. The highest BCUT2D eigenvalue weighted by molar-refractivity contribution is 5.93. The van der Waals surface area contributed by atoms with Crippen LogP contribution in [0.1, 0.15) is 69.3 Å². The van der Waals surface area contributed by atoms with Gasteiger partial charge in [0.1, 0.15) is 17.6 Å². The van der Waals surface area contributed by atoms with E-state index in [0.29, 0.717) is 23.7 Å². The first-order chi connectivity index (χ1) is 16.8. The van der Waals surface area contributed by atoms with E-state index in [1.807, 2.05) is 0 Å². The third-order valence-electron chi connectivity index (χ3n) is 6.35. The van der Waals surface area contributed by atoms with Gasteiger partial charge in [-0.2, -0.15) is 0 Å². The molecule has 2 aromatic rings. The topological polar surface area (TPSA) is 98.1 Å². The highest BCUT2D eigenvalue weighted by Crippen LogP contribution is 2.30. The van der Waals surface area contributed by atoms with E-state index in [1.165, 1.54) is 36.0 Å². The molecule has 2 aliphatic rings. The van der Waals surface area contributed by atoms with Crippen LogP contribution in [0.4, 0.5) is 4.39 Å². The number of furan rings is 1. The molecule has 35 heavy (non-hydrogen) atoms. The third kappa shape index (κ3) is 6.28. The Morgan fingerprint density at radius 2 is 1.97 bits per heavy atom. The fourth-order valence-electron chi connectivity index (χ4n) is 4.62. The minimum Gasteiger partial charge on any atom is -0.451 e. The van der Waals surface area contributed by atoms with Gasteiger partial charge in [0.2, 0.25) is 12.2 Å². The molecule has 1 aliphatic carbocycles. The van der Waals surface area contributed by atoms with Crippen molar-refractivity contribution < 1.29 is 32.7 Å². The molecule has 0 radical (unpaired) electrons. The van der Waals surface area contributed by atoms with Crippen molar-refractivity contribution in [2.75, 3.05) is 0 Å². The Morgan fingerprint density at radius 3 is 2.69 bits per heavy atom. The lowest BCUT2D eigenvalue weighted by molar-refractivity contribution is -0.182. The van der Waals surface area contributed by atoms with Gasteiger partial charge >= 0.3 is 11.9 Å². The first-order valence-electron chi connectivity index (χ1n) is 12.1. The van der Waals surface area contributed by atoms with E-state index in [-0.39, 0.29) is 30.6 Å². The molecular formula is C26H31FN2O6. The Bertz CT molecular complexity index is 1060. The van der Waals surface area contributed by atoms with Crippen LogP contribution in [0.3, 0.4) is 0 Å². The number of ether oxygens (including phenoxy) is 2. The second-order valence-corrected chi connectivity index (χ2v) is 9.38. The van der Waals surface area contributed by atoms with Crippen molar-refractivity contribution in [3.8, 4) is 11.3 Å². The average Bonchev–Trinajstić information content (AvgIpc) is 3.57. The molecule has 188 valence electrons. The summed E-state index contributed by atoms with van der Waals surface area (Å²) < 4.78 is 30.2. The minimum absolute atomic E-state index is 0.0515. The number of esters is 1. The van der Waals surface area contributed by atoms with Crippen LogP contribution in [-0.2, 0) is 19.1 Å². The Kier molecular flexibility index (Phi) is 7.85. The molecule has 1 saturated carbocycles. The molecule has 1 saturated heterocycles. The van der Waals surface area contributed by atoms with Gasteiger partial charge in [0.05, 0.1) is 12.5 Å². The fraction of sp³-hybridized carbons (Fsp3) is 0.500. The molecule has 2 amide bonds. The predicted octanol–water partition coefficient (Wildman–Crippen LogP) is 4.60. The zero-order valence-electron chi connectivity index (χ0n) is 20.0. The molecule has 0 spiro atoms. The summed E-state index contributed by atoms with van der Waals surface area (Å²) in [4.78, 5) is 38.4. The summed E-state index contributed by atoms with van der Waals surface area (Å²) in [6, 6.07) is 8.03. The van der Waals surface area contributed by atoms with Crippen LogP contribution in [0.25, 0.3) is 11.3 Å². The Labute approximate surface area is 203 Å². The average molecular weight is 487 g/mol. The zero-order chi connectivity index (χ0) is 24.9. The van der Waals surface area contributed by atoms with Gasteiger partial charge in [0.25, 0.3) is 0 Å². The first-order valence-corrected chi connectivity index (χ1v) is 12.1. The quantitative estimate of drug-likeness (QED) is 0.433. The van der Waals surface area contributed by atoms with Crippen LogP contribution in [0.2, 0.25) is 0 Å². The van der Waals surface area contributed by atoms with Crippen molar-refractivity contribution in [2.45, 2.75) is 77.2 Å². The molecule has 2 atom stereocenters. The van der Waals surface area contributed by atoms with Crippen LogP contribution in [0, 0.1) is 11.7 Å². The number of nitrogens with zero attached hydrogens (tertiary/aromatic N) is 1. The first kappa shape index (κ1) is 24.9. The molecule has 1 aliphatic heterocycles. The van der Waals surface area contributed by atoms with E-state index in [2.05, 4.69) is 5.43 Å². The number of carbonyl (C=O) groups excluding carboxylic acids is 3. The molecule has 2 heterocycles. The molecule has 2 fully saturated rings. The van der Waals surface area contributed by atoms with Crippen molar-refractivity contribution in [3.05, 3.63) is 48.0 Å². The van der Waals surface area contributed by atoms with Gasteiger partial charge in [0, 0.05) is 12.0 Å². The van der Waals surface area contributed by atoms with E-state index in [0.717, 1.165) is 12.8 Å². The van der Waals surface area contributed by atoms with Gasteiger partial charge in [-0.1, -0.05) is 37.8 Å². The minimum atomic E-state index is -0.988. The van der Waals surface area contributed by atoms with Gasteiger partial charge in [-0.05, 0) is 50.5 Å². The van der Waals surface area contributed by atoms with Crippen molar-refractivity contribution in [1.29, 1.82) is 0 Å². The van der Waals surface area contributed by atoms with E-state index in [1.54, 1.807) is 32.0 Å². The maximum absolute atomic E-state index is 13.6. The highest BCUT2D eigenvalue weighted by atomic mass is 19.1. The number of carbonyl (C=O) groups is 3. The van der Waals surface area contributed by atoms with Crippen LogP contribution in [0.5, 0.6) is 0 Å². The second-order valence-electron chi connectivity index (χ2n) is 9.38. The molecular weight excluding hydrogens is 455 g/mol. The molecule has 8 nitrogen and oxygen atoms in total. The molecule has 9 heteroatoms. The summed E-state index contributed by atoms with van der Waals surface area (Å²) in [5.41, 5.74) is 3.10. The number of cyclic esters (lactones) is 1. The van der Waals surface area contributed by atoms with Gasteiger partial charge in [-0.25, -0.2) is 9.40 Å². The standard InChI is InChI=1S/C26H31FN2O6/c1-16(2)33-26-20(15-24(31)35-26)29(23(30)13-10-17-6-3-4-7-17)28-25(32)22-12-11-21(34-22)18-8-5-9-19(27)14-18/h5,8-9,11-12,14,16-17,20,26H,3-4,6-7,10,13,15H2,1-2H3,(H,28,32)/t20-,26?/m0/s1. The molecule has 1 N–H and O–H groups in total. The monoisotopic (exact) mass is 486 g/mol. The van der Waals surface area contributed by atoms with Crippen LogP contribution in [-0.4, -0.2) is 41.2 Å². The van der Waals surface area contributed by atoms with E-state index < -0.39 is 30.0 Å². The Balaban J connectivity index is 1.51. The second kappa shape index (κ2) is 11.0. The SMILES string of the molecule is CC(C)OC1OC(=O)C[C@@H]1N(NC(=O)c1ccc(-c2cccc(F)c2)o1)C(=O)CCC1CCCC1. The van der Waals surface area contributed by atoms with Crippen molar-refractivity contribution >= 4 is 17.8 Å². The number of nitrogens with one attached hydrogen (secondary N) is 1. The van der Waals surface area contributed by atoms with Crippen LogP contribution in [0.15, 0.2) is 40.8 Å². The normalized spacial score (nSPS) is 20.3. The predicted molar refractivity (Wildman–Crippen MR) is 124 cm³/mol. The van der Waals surface area contributed by atoms with Crippen LogP contribution < -0.4 is 5.43 Å². The van der Waals surface area contributed by atoms with E-state index in [4.69, 9.17) is 13.9 Å². The molecule has 4 rings (SSSR count). The molecule has 1 aromatic heterocycles.